The van der Waals surface area contributed by atoms with E-state index in [-0.39, 0.29) is 23.3 Å². The Morgan fingerprint density at radius 2 is 1.90 bits per heavy atom. The van der Waals surface area contributed by atoms with E-state index in [0.717, 1.165) is 0 Å². The molecule has 1 aromatic rings. The van der Waals surface area contributed by atoms with Crippen molar-refractivity contribution in [2.45, 2.75) is 18.9 Å². The summed E-state index contributed by atoms with van der Waals surface area (Å²) < 4.78 is 24.2. The summed E-state index contributed by atoms with van der Waals surface area (Å²) in [4.78, 5) is 12.0. The first-order valence-corrected chi connectivity index (χ1v) is 8.27. The van der Waals surface area contributed by atoms with Crippen LogP contribution in [0.3, 0.4) is 0 Å². The van der Waals surface area contributed by atoms with Gasteiger partial charge >= 0.3 is 0 Å². The molecule has 0 saturated carbocycles. The van der Waals surface area contributed by atoms with Gasteiger partial charge in [0.25, 0.3) is 5.91 Å². The van der Waals surface area contributed by atoms with Crippen LogP contribution >= 0.6 is 0 Å². The fraction of sp³-hybridized carbons (Fsp3) is 0.462. The van der Waals surface area contributed by atoms with Gasteiger partial charge in [-0.2, -0.15) is 0 Å². The minimum absolute atomic E-state index is 0.0569. The van der Waals surface area contributed by atoms with Gasteiger partial charge < -0.3 is 10.4 Å². The molecule has 20 heavy (non-hydrogen) atoms. The van der Waals surface area contributed by atoms with Crippen molar-refractivity contribution < 1.29 is 18.3 Å². The lowest BCUT2D eigenvalue weighted by Gasteiger charge is -2.30. The van der Waals surface area contributed by atoms with Crippen molar-refractivity contribution in [3.63, 3.8) is 0 Å². The lowest BCUT2D eigenvalue weighted by Crippen LogP contribution is -2.46. The molecule has 2 N–H and O–H groups in total. The molecule has 0 aliphatic carbocycles. The molecule has 0 aromatic heterocycles. The Balaban J connectivity index is 1.93. The van der Waals surface area contributed by atoms with Gasteiger partial charge in [0, 0.05) is 19.1 Å². The molecule has 0 atom stereocenters. The summed E-state index contributed by atoms with van der Waals surface area (Å²) in [6.45, 7) is 0.815. The maximum atomic E-state index is 12.0. The highest BCUT2D eigenvalue weighted by atomic mass is 32.2. The van der Waals surface area contributed by atoms with E-state index in [0.29, 0.717) is 25.9 Å². The Morgan fingerprint density at radius 1 is 1.30 bits per heavy atom. The Kier molecular flexibility index (Phi) is 4.29. The van der Waals surface area contributed by atoms with Crippen LogP contribution in [0.25, 0.3) is 0 Å². The number of hydrogen-bond acceptors (Lipinski definition) is 4. The molecule has 1 saturated heterocycles. The highest BCUT2D eigenvalue weighted by Crippen LogP contribution is 2.17. The summed E-state index contributed by atoms with van der Waals surface area (Å²) in [6, 6.07) is 6.27. The first-order chi connectivity index (χ1) is 9.38. The van der Waals surface area contributed by atoms with Gasteiger partial charge in [0.05, 0.1) is 11.8 Å². The molecule has 0 spiro atoms. The number of carbonyl (C=O) groups excluding carboxylic acids is 1. The number of sulfonamides is 1. The minimum Gasteiger partial charge on any atom is -0.507 e. The van der Waals surface area contributed by atoms with Gasteiger partial charge in [-0.15, -0.1) is 0 Å². The number of nitrogens with zero attached hydrogens (tertiary/aromatic N) is 1. The fourth-order valence-electron chi connectivity index (χ4n) is 2.26. The van der Waals surface area contributed by atoms with E-state index in [9.17, 15) is 18.3 Å². The molecule has 7 heteroatoms. The Bertz CT molecular complexity index is 592. The van der Waals surface area contributed by atoms with Crippen molar-refractivity contribution in [1.82, 2.24) is 9.62 Å². The molecule has 1 fully saturated rings. The lowest BCUT2D eigenvalue weighted by molar-refractivity contribution is 0.0921. The smallest absolute Gasteiger partial charge is 0.255 e. The third-order valence-electron chi connectivity index (χ3n) is 3.41. The topological polar surface area (TPSA) is 86.7 Å². The van der Waals surface area contributed by atoms with Crippen LogP contribution in [-0.4, -0.2) is 49.1 Å². The monoisotopic (exact) mass is 298 g/mol. The van der Waals surface area contributed by atoms with Crippen LogP contribution in [0.2, 0.25) is 0 Å². The summed E-state index contributed by atoms with van der Waals surface area (Å²) in [6.07, 6.45) is 2.34. The average molecular weight is 298 g/mol. The number of phenolic OH excluding ortho intramolecular Hbond substituents is 1. The first kappa shape index (κ1) is 14.8. The number of para-hydroxylation sites is 1. The third-order valence-corrected chi connectivity index (χ3v) is 4.71. The van der Waals surface area contributed by atoms with Gasteiger partial charge in [0.1, 0.15) is 5.75 Å². The standard InChI is InChI=1S/C13H18N2O4S/c1-20(18,19)15-8-6-10(7-9-15)14-13(17)11-4-2-3-5-12(11)16/h2-5,10,16H,6-9H2,1H3,(H,14,17). The SMILES string of the molecule is CS(=O)(=O)N1CCC(NC(=O)c2ccccc2O)CC1. The average Bonchev–Trinajstić information content (AvgIpc) is 2.38. The number of phenols is 1. The molecule has 0 unspecified atom stereocenters. The second kappa shape index (κ2) is 5.80. The van der Waals surface area contributed by atoms with Crippen LogP contribution < -0.4 is 5.32 Å². The van der Waals surface area contributed by atoms with Crippen molar-refractivity contribution in [2.24, 2.45) is 0 Å². The largest absolute Gasteiger partial charge is 0.507 e. The maximum Gasteiger partial charge on any atom is 0.255 e. The number of nitrogens with one attached hydrogen (secondary N) is 1. The van der Waals surface area contributed by atoms with E-state index >= 15 is 0 Å². The number of hydrogen-bond donors (Lipinski definition) is 2. The Hall–Kier alpha value is -1.60. The van der Waals surface area contributed by atoms with Gasteiger partial charge in [0.15, 0.2) is 0 Å². The van der Waals surface area contributed by atoms with Crippen molar-refractivity contribution >= 4 is 15.9 Å². The quantitative estimate of drug-likeness (QED) is 0.853. The van der Waals surface area contributed by atoms with Crippen molar-refractivity contribution in [1.29, 1.82) is 0 Å². The van der Waals surface area contributed by atoms with Gasteiger partial charge in [-0.3, -0.25) is 4.79 Å². The highest BCUT2D eigenvalue weighted by molar-refractivity contribution is 7.88. The van der Waals surface area contributed by atoms with Crippen molar-refractivity contribution in [3.05, 3.63) is 29.8 Å². The zero-order valence-electron chi connectivity index (χ0n) is 11.2. The summed E-state index contributed by atoms with van der Waals surface area (Å²) >= 11 is 0. The normalized spacial score (nSPS) is 17.9. The molecule has 1 aliphatic heterocycles. The summed E-state index contributed by atoms with van der Waals surface area (Å²) in [5.74, 6) is -0.389. The number of piperidine rings is 1. The molecular formula is C13H18N2O4S. The molecule has 1 aromatic carbocycles. The summed E-state index contributed by atoms with van der Waals surface area (Å²) in [5, 5.41) is 12.4. The van der Waals surface area contributed by atoms with E-state index < -0.39 is 10.0 Å². The summed E-state index contributed by atoms with van der Waals surface area (Å²) in [5.41, 5.74) is 0.234. The van der Waals surface area contributed by atoms with Crippen LogP contribution in [0.1, 0.15) is 23.2 Å². The Morgan fingerprint density at radius 3 is 2.45 bits per heavy atom. The van der Waals surface area contributed by atoms with Gasteiger partial charge in [-0.25, -0.2) is 12.7 Å². The van der Waals surface area contributed by atoms with E-state index in [2.05, 4.69) is 5.32 Å². The van der Waals surface area contributed by atoms with Crippen molar-refractivity contribution in [3.8, 4) is 5.75 Å². The van der Waals surface area contributed by atoms with E-state index in [4.69, 9.17) is 0 Å². The first-order valence-electron chi connectivity index (χ1n) is 6.42. The van der Waals surface area contributed by atoms with Gasteiger partial charge in [-0.05, 0) is 25.0 Å². The van der Waals surface area contributed by atoms with Crippen LogP contribution in [0.4, 0.5) is 0 Å². The van der Waals surface area contributed by atoms with E-state index in [1.54, 1.807) is 18.2 Å². The predicted octanol–water partition coefficient (Wildman–Crippen LogP) is 0.546. The lowest BCUT2D eigenvalue weighted by atomic mass is 10.1. The van der Waals surface area contributed by atoms with Crippen LogP contribution in [0.5, 0.6) is 5.75 Å². The van der Waals surface area contributed by atoms with Crippen LogP contribution in [0, 0.1) is 0 Å². The molecule has 2 rings (SSSR count). The zero-order chi connectivity index (χ0) is 14.8. The number of aromatic hydroxyl groups is 1. The van der Waals surface area contributed by atoms with Crippen molar-refractivity contribution in [2.75, 3.05) is 19.3 Å². The number of rotatable bonds is 3. The predicted molar refractivity (Wildman–Crippen MR) is 75.0 cm³/mol. The maximum absolute atomic E-state index is 12.0. The van der Waals surface area contributed by atoms with Gasteiger partial charge in [-0.1, -0.05) is 12.1 Å². The minimum atomic E-state index is -3.16. The van der Waals surface area contributed by atoms with Gasteiger partial charge in [0.2, 0.25) is 10.0 Å². The van der Waals surface area contributed by atoms with E-state index in [1.165, 1.54) is 16.6 Å². The molecule has 6 nitrogen and oxygen atoms in total. The zero-order valence-corrected chi connectivity index (χ0v) is 12.1. The van der Waals surface area contributed by atoms with E-state index in [1.807, 2.05) is 0 Å². The molecular weight excluding hydrogens is 280 g/mol. The fourth-order valence-corrected chi connectivity index (χ4v) is 3.13. The second-order valence-electron chi connectivity index (χ2n) is 4.93. The third kappa shape index (κ3) is 3.49. The number of carbonyl (C=O) groups is 1. The molecule has 1 amide bonds. The number of amides is 1. The molecule has 0 radical (unpaired) electrons. The second-order valence-corrected chi connectivity index (χ2v) is 6.91. The molecule has 0 bridgehead atoms. The summed E-state index contributed by atoms with van der Waals surface area (Å²) in [7, 11) is -3.16. The van der Waals surface area contributed by atoms with Crippen LogP contribution in [-0.2, 0) is 10.0 Å². The molecule has 1 aliphatic rings. The Labute approximate surface area is 118 Å². The molecule has 110 valence electrons. The highest BCUT2D eigenvalue weighted by Gasteiger charge is 2.26. The van der Waals surface area contributed by atoms with Crippen LogP contribution in [0.15, 0.2) is 24.3 Å². The molecule has 1 heterocycles. The number of benzene rings is 1.